The Bertz CT molecular complexity index is 1310. The summed E-state index contributed by atoms with van der Waals surface area (Å²) in [7, 11) is 1.52. The summed E-state index contributed by atoms with van der Waals surface area (Å²) in [5, 5.41) is 10.4. The molecule has 0 bridgehead atoms. The summed E-state index contributed by atoms with van der Waals surface area (Å²) in [6, 6.07) is 13.2. The van der Waals surface area contributed by atoms with Gasteiger partial charge in [0.1, 0.15) is 22.5 Å². The molecule has 0 aliphatic heterocycles. The molecular formula is C25H18Cl2F2N2O2S. The lowest BCUT2D eigenvalue weighted by molar-refractivity contribution is 0.104. The second kappa shape index (κ2) is 11.5. The fraction of sp³-hybridized carbons (Fsp3) is 0.160. The Kier molecular flexibility index (Phi) is 8.67. The predicted molar refractivity (Wildman–Crippen MR) is 131 cm³/mol. The lowest BCUT2D eigenvalue weighted by Gasteiger charge is -2.12. The second-order valence-corrected chi connectivity index (χ2v) is 8.95. The molecule has 0 saturated carbocycles. The van der Waals surface area contributed by atoms with E-state index in [4.69, 9.17) is 27.9 Å². The topological polar surface area (TPSA) is 63.0 Å². The number of hydrogen-bond acceptors (Lipinski definition) is 5. The van der Waals surface area contributed by atoms with E-state index in [0.29, 0.717) is 27.7 Å². The molecular weight excluding hydrogens is 501 g/mol. The molecule has 0 amide bonds. The largest absolute Gasteiger partial charge is 0.496 e. The zero-order valence-corrected chi connectivity index (χ0v) is 20.4. The molecule has 0 spiro atoms. The first-order valence-electron chi connectivity index (χ1n) is 9.90. The zero-order valence-electron chi connectivity index (χ0n) is 18.1. The molecule has 174 valence electrons. The number of methoxy groups -OCH3 is 1. The van der Waals surface area contributed by atoms with Crippen molar-refractivity contribution in [1.82, 2.24) is 4.98 Å². The molecule has 1 heterocycles. The number of pyridine rings is 1. The van der Waals surface area contributed by atoms with Crippen LogP contribution in [0.3, 0.4) is 0 Å². The minimum absolute atomic E-state index is 0.230. The van der Waals surface area contributed by atoms with Crippen molar-refractivity contribution in [2.24, 2.45) is 0 Å². The van der Waals surface area contributed by atoms with Crippen LogP contribution in [0.1, 0.15) is 44.7 Å². The second-order valence-electron chi connectivity index (χ2n) is 7.14. The highest BCUT2D eigenvalue weighted by Crippen LogP contribution is 2.33. The van der Waals surface area contributed by atoms with Crippen LogP contribution in [0, 0.1) is 18.3 Å². The van der Waals surface area contributed by atoms with Gasteiger partial charge >= 0.3 is 0 Å². The fourth-order valence-corrected chi connectivity index (χ4v) is 4.67. The van der Waals surface area contributed by atoms with Crippen molar-refractivity contribution in [1.29, 1.82) is 5.26 Å². The Morgan fingerprint density at radius 1 is 1.24 bits per heavy atom. The van der Waals surface area contributed by atoms with Gasteiger partial charge in [-0.25, -0.2) is 13.8 Å². The van der Waals surface area contributed by atoms with E-state index < -0.39 is 6.43 Å². The minimum atomic E-state index is -2.74. The number of aryl methyl sites for hydroxylation is 1. The molecule has 0 atom stereocenters. The van der Waals surface area contributed by atoms with Gasteiger partial charge in [-0.05, 0) is 60.5 Å². The number of carbonyl (C=O) groups is 1. The number of ether oxygens (including phenoxy) is 1. The quantitative estimate of drug-likeness (QED) is 0.173. The Morgan fingerprint density at radius 2 is 2.00 bits per heavy atom. The highest BCUT2D eigenvalue weighted by molar-refractivity contribution is 7.98. The average Bonchev–Trinajstić information content (AvgIpc) is 2.80. The van der Waals surface area contributed by atoms with Crippen LogP contribution >= 0.6 is 35.0 Å². The van der Waals surface area contributed by atoms with E-state index in [9.17, 15) is 18.8 Å². The number of benzene rings is 2. The average molecular weight is 519 g/mol. The number of aromatic nitrogens is 1. The van der Waals surface area contributed by atoms with Gasteiger partial charge in [-0.15, -0.1) is 11.8 Å². The number of nitriles is 1. The van der Waals surface area contributed by atoms with Crippen LogP contribution < -0.4 is 4.74 Å². The van der Waals surface area contributed by atoms with Crippen LogP contribution in [0.5, 0.6) is 5.75 Å². The van der Waals surface area contributed by atoms with Crippen molar-refractivity contribution in [3.63, 3.8) is 0 Å². The first-order chi connectivity index (χ1) is 16.2. The normalized spacial score (nSPS) is 11.1. The molecule has 3 aromatic rings. The third-order valence-electron chi connectivity index (χ3n) is 4.83. The van der Waals surface area contributed by atoms with Gasteiger partial charge in [0.05, 0.1) is 17.7 Å². The van der Waals surface area contributed by atoms with Gasteiger partial charge in [0.15, 0.2) is 5.78 Å². The summed E-state index contributed by atoms with van der Waals surface area (Å²) in [6.45, 7) is 1.60. The first kappa shape index (κ1) is 25.7. The maximum Gasteiger partial charge on any atom is 0.280 e. The molecule has 2 aromatic carbocycles. The molecule has 0 unspecified atom stereocenters. The van der Waals surface area contributed by atoms with Crippen molar-refractivity contribution in [2.75, 3.05) is 7.11 Å². The van der Waals surface area contributed by atoms with Gasteiger partial charge in [-0.1, -0.05) is 35.3 Å². The summed E-state index contributed by atoms with van der Waals surface area (Å²) < 4.78 is 31.8. The van der Waals surface area contributed by atoms with Crippen molar-refractivity contribution in [2.45, 2.75) is 24.1 Å². The summed E-state index contributed by atoms with van der Waals surface area (Å²) in [5.74, 6) is 0.614. The van der Waals surface area contributed by atoms with Crippen molar-refractivity contribution >= 4 is 46.8 Å². The predicted octanol–water partition coefficient (Wildman–Crippen LogP) is 7.70. The Labute approximate surface area is 210 Å². The summed E-state index contributed by atoms with van der Waals surface area (Å²) in [6.07, 6.45) is 0.306. The molecule has 1 aromatic heterocycles. The molecule has 0 aliphatic rings. The third kappa shape index (κ3) is 6.15. The number of nitrogens with zero attached hydrogens (tertiary/aromatic N) is 2. The van der Waals surface area contributed by atoms with Gasteiger partial charge in [-0.2, -0.15) is 5.26 Å². The molecule has 34 heavy (non-hydrogen) atoms. The number of allylic oxidation sites excluding steroid dienone is 1. The fourth-order valence-electron chi connectivity index (χ4n) is 3.13. The molecule has 0 fully saturated rings. The Morgan fingerprint density at radius 3 is 2.65 bits per heavy atom. The molecule has 4 nitrogen and oxygen atoms in total. The molecule has 0 N–H and O–H groups in total. The summed E-state index contributed by atoms with van der Waals surface area (Å²) in [4.78, 5) is 16.5. The lowest BCUT2D eigenvalue weighted by atomic mass is 10.1. The minimum Gasteiger partial charge on any atom is -0.496 e. The number of alkyl halides is 2. The smallest absolute Gasteiger partial charge is 0.280 e. The van der Waals surface area contributed by atoms with Crippen LogP contribution in [-0.4, -0.2) is 17.9 Å². The van der Waals surface area contributed by atoms with Gasteiger partial charge in [0, 0.05) is 21.9 Å². The molecule has 0 saturated heterocycles. The summed E-state index contributed by atoms with van der Waals surface area (Å²) >= 11 is 13.1. The van der Waals surface area contributed by atoms with Gasteiger partial charge < -0.3 is 4.74 Å². The van der Waals surface area contributed by atoms with E-state index in [1.54, 1.807) is 37.3 Å². The van der Waals surface area contributed by atoms with E-state index in [1.165, 1.54) is 37.1 Å². The monoisotopic (exact) mass is 518 g/mol. The highest BCUT2D eigenvalue weighted by Gasteiger charge is 2.17. The molecule has 9 heteroatoms. The SMILES string of the molecule is COc1ccc(/C=C/C(=O)c2ccc(Cl)cc2Cl)cc1CSc1nc(C(F)F)cc(C)c1C#N. The standard InChI is InChI=1S/C25H18Cl2F2N2O2S/c1-14-9-21(24(28)29)31-25(19(14)12-30)34-13-16-10-15(4-8-23(16)33-2)3-7-22(32)18-6-5-17(26)11-20(18)27/h3-11,24H,13H2,1-2H3/b7-3+. The number of thioether (sulfide) groups is 1. The van der Waals surface area contributed by atoms with Gasteiger partial charge in [0.25, 0.3) is 6.43 Å². The van der Waals surface area contributed by atoms with E-state index in [0.717, 1.165) is 11.1 Å². The third-order valence-corrected chi connectivity index (χ3v) is 6.40. The molecule has 3 rings (SSSR count). The van der Waals surface area contributed by atoms with Crippen LogP contribution in [-0.2, 0) is 5.75 Å². The maximum absolute atomic E-state index is 13.2. The zero-order chi connectivity index (χ0) is 24.8. The van der Waals surface area contributed by atoms with E-state index >= 15 is 0 Å². The molecule has 0 radical (unpaired) electrons. The van der Waals surface area contributed by atoms with Gasteiger partial charge in [-0.3, -0.25) is 4.79 Å². The summed E-state index contributed by atoms with van der Waals surface area (Å²) in [5.41, 5.74) is 2.13. The maximum atomic E-state index is 13.2. The number of carbonyl (C=O) groups excluding carboxylic acids is 1. The number of hydrogen-bond donors (Lipinski definition) is 0. The van der Waals surface area contributed by atoms with Crippen molar-refractivity contribution in [3.05, 3.63) is 92.1 Å². The van der Waals surface area contributed by atoms with Gasteiger partial charge in [0.2, 0.25) is 0 Å². The first-order valence-corrected chi connectivity index (χ1v) is 11.6. The van der Waals surface area contributed by atoms with Crippen molar-refractivity contribution < 1.29 is 18.3 Å². The van der Waals surface area contributed by atoms with Crippen LogP contribution in [0.4, 0.5) is 8.78 Å². The Balaban J connectivity index is 1.85. The lowest BCUT2D eigenvalue weighted by Crippen LogP contribution is -1.99. The van der Waals surface area contributed by atoms with Crippen LogP contribution in [0.15, 0.2) is 53.6 Å². The molecule has 0 aliphatic carbocycles. The van der Waals surface area contributed by atoms with E-state index in [-0.39, 0.29) is 27.1 Å². The number of ketones is 1. The van der Waals surface area contributed by atoms with E-state index in [1.807, 2.05) is 12.1 Å². The number of halogens is 4. The van der Waals surface area contributed by atoms with Crippen molar-refractivity contribution in [3.8, 4) is 11.8 Å². The van der Waals surface area contributed by atoms with Crippen LogP contribution in [0.2, 0.25) is 10.0 Å². The van der Waals surface area contributed by atoms with E-state index in [2.05, 4.69) is 4.98 Å². The highest BCUT2D eigenvalue weighted by atomic mass is 35.5. The van der Waals surface area contributed by atoms with Crippen LogP contribution in [0.25, 0.3) is 6.08 Å². The Hall–Kier alpha value is -2.92. The number of rotatable bonds is 8.